The number of benzene rings is 1. The highest BCUT2D eigenvalue weighted by atomic mass is 79.9. The molecular weight excluding hydrogens is 480 g/mol. The number of carbonyl (C=O) groups is 1. The Morgan fingerprint density at radius 2 is 2.09 bits per heavy atom. The lowest BCUT2D eigenvalue weighted by Gasteiger charge is -2.04. The van der Waals surface area contributed by atoms with Gasteiger partial charge < -0.3 is 5.32 Å². The molecule has 0 saturated carbocycles. The molecule has 8 heteroatoms. The Kier molecular flexibility index (Phi) is 6.44. The van der Waals surface area contributed by atoms with Crippen LogP contribution in [-0.4, -0.2) is 10.1 Å². The molecular formula is C15H12Br2N2OS3. The van der Waals surface area contributed by atoms with Crippen molar-refractivity contribution in [3.05, 3.63) is 49.9 Å². The highest BCUT2D eigenvalue weighted by Crippen LogP contribution is 2.35. The number of aromatic nitrogens is 1. The average molecular weight is 492 g/mol. The molecule has 0 atom stereocenters. The van der Waals surface area contributed by atoms with E-state index in [4.69, 9.17) is 0 Å². The molecule has 120 valence electrons. The number of aryl methyl sites for hydroxylation is 1. The van der Waals surface area contributed by atoms with Gasteiger partial charge in [0.2, 0.25) is 5.12 Å². The number of hydrogen-bond acceptors (Lipinski definition) is 5. The topological polar surface area (TPSA) is 42.0 Å². The van der Waals surface area contributed by atoms with E-state index in [1.54, 1.807) is 0 Å². The number of rotatable bonds is 4. The number of thiophene rings is 1. The van der Waals surface area contributed by atoms with E-state index in [2.05, 4.69) is 38.9 Å². The summed E-state index contributed by atoms with van der Waals surface area (Å²) in [6.07, 6.45) is 0. The third-order valence-electron chi connectivity index (χ3n) is 3.02. The van der Waals surface area contributed by atoms with Crippen LogP contribution in [0.1, 0.15) is 14.5 Å². The van der Waals surface area contributed by atoms with Gasteiger partial charge in [0.15, 0.2) is 5.13 Å². The van der Waals surface area contributed by atoms with Crippen molar-refractivity contribution in [1.29, 1.82) is 0 Å². The molecule has 0 aliphatic rings. The Morgan fingerprint density at radius 3 is 2.74 bits per heavy atom. The molecule has 1 aromatic carbocycles. The first kappa shape index (κ1) is 18.7. The summed E-state index contributed by atoms with van der Waals surface area (Å²) >= 11 is 10.4. The number of anilines is 2. The van der Waals surface area contributed by atoms with Crippen molar-refractivity contribution in [3.8, 4) is 11.3 Å². The van der Waals surface area contributed by atoms with Crippen molar-refractivity contribution in [2.45, 2.75) is 6.92 Å². The van der Waals surface area contributed by atoms with Gasteiger partial charge in [0, 0.05) is 20.3 Å². The van der Waals surface area contributed by atoms with Crippen LogP contribution in [0, 0.1) is 6.92 Å². The first-order valence-corrected chi connectivity index (χ1v) is 9.29. The number of carbonyl (C=O) groups excluding carboxylic acids is 1. The van der Waals surface area contributed by atoms with Gasteiger partial charge in [0.05, 0.1) is 16.3 Å². The molecule has 0 bridgehead atoms. The van der Waals surface area contributed by atoms with Crippen molar-refractivity contribution < 1.29 is 4.79 Å². The summed E-state index contributed by atoms with van der Waals surface area (Å²) in [7, 11) is 0. The predicted molar refractivity (Wildman–Crippen MR) is 111 cm³/mol. The number of hydrogen-bond donors (Lipinski definition) is 2. The zero-order valence-corrected chi connectivity index (χ0v) is 17.7. The summed E-state index contributed by atoms with van der Waals surface area (Å²) in [6.45, 7) is 1.99. The minimum Gasteiger partial charge on any atom is -0.331 e. The van der Waals surface area contributed by atoms with Gasteiger partial charge in [-0.25, -0.2) is 4.98 Å². The molecule has 23 heavy (non-hydrogen) atoms. The SMILES string of the molecule is Br.Cc1sc(C(=O)S)cc1-c1csc(Nc2ccccc2Br)n1. The van der Waals surface area contributed by atoms with Crippen molar-refractivity contribution in [2.24, 2.45) is 0 Å². The van der Waals surface area contributed by atoms with Crippen molar-refractivity contribution in [3.63, 3.8) is 0 Å². The molecule has 0 aliphatic heterocycles. The van der Waals surface area contributed by atoms with Gasteiger partial charge in [0.1, 0.15) is 0 Å². The maximum atomic E-state index is 11.4. The third kappa shape index (κ3) is 4.24. The first-order valence-electron chi connectivity index (χ1n) is 6.36. The van der Waals surface area contributed by atoms with Gasteiger partial charge in [-0.15, -0.1) is 39.7 Å². The molecule has 0 fully saturated rings. The van der Waals surface area contributed by atoms with Crippen molar-refractivity contribution in [1.82, 2.24) is 4.98 Å². The molecule has 3 rings (SSSR count). The Balaban J connectivity index is 0.00000192. The van der Waals surface area contributed by atoms with Gasteiger partial charge in [-0.2, -0.15) is 0 Å². The third-order valence-corrected chi connectivity index (χ3v) is 5.91. The van der Waals surface area contributed by atoms with E-state index in [0.29, 0.717) is 4.88 Å². The number of thiazole rings is 1. The number of halogens is 2. The lowest BCUT2D eigenvalue weighted by atomic mass is 10.2. The summed E-state index contributed by atoms with van der Waals surface area (Å²) in [5.41, 5.74) is 2.82. The maximum absolute atomic E-state index is 11.4. The second-order valence-corrected chi connectivity index (χ2v) is 7.90. The van der Waals surface area contributed by atoms with E-state index in [-0.39, 0.29) is 22.1 Å². The normalized spacial score (nSPS) is 10.2. The standard InChI is InChI=1S/C15H11BrN2OS3.BrH/c1-8-9(6-13(22-8)14(19)20)12-7-21-15(18-12)17-11-5-3-2-4-10(11)16;/h2-7H,1H3,(H,17,18)(H,19,20);1H. The summed E-state index contributed by atoms with van der Waals surface area (Å²) in [4.78, 5) is 17.7. The molecule has 0 spiro atoms. The number of nitrogens with one attached hydrogen (secondary N) is 1. The van der Waals surface area contributed by atoms with Crippen molar-refractivity contribution in [2.75, 3.05) is 5.32 Å². The number of para-hydroxylation sites is 1. The lowest BCUT2D eigenvalue weighted by Crippen LogP contribution is -1.90. The average Bonchev–Trinajstić information content (AvgIpc) is 3.08. The van der Waals surface area contributed by atoms with Crippen LogP contribution in [0.5, 0.6) is 0 Å². The number of thiol groups is 1. The Hall–Kier alpha value is -0.670. The summed E-state index contributed by atoms with van der Waals surface area (Å²) in [5.74, 6) is 0. The van der Waals surface area contributed by atoms with E-state index in [1.807, 2.05) is 42.6 Å². The fourth-order valence-corrected chi connectivity index (χ4v) is 4.15. The van der Waals surface area contributed by atoms with Gasteiger partial charge in [-0.05, 0) is 41.1 Å². The zero-order chi connectivity index (χ0) is 15.7. The smallest absolute Gasteiger partial charge is 0.226 e. The minimum absolute atomic E-state index is 0. The molecule has 0 saturated heterocycles. The fourth-order valence-electron chi connectivity index (χ4n) is 1.97. The lowest BCUT2D eigenvalue weighted by molar-refractivity contribution is 0.109. The molecule has 3 aromatic rings. The van der Waals surface area contributed by atoms with E-state index >= 15 is 0 Å². The molecule has 3 nitrogen and oxygen atoms in total. The van der Waals surface area contributed by atoms with Crippen LogP contribution in [0.2, 0.25) is 0 Å². The molecule has 2 heterocycles. The quantitative estimate of drug-likeness (QED) is 0.418. The predicted octanol–water partition coefficient (Wildman–Crippen LogP) is 6.33. The van der Waals surface area contributed by atoms with Gasteiger partial charge in [0.25, 0.3) is 0 Å². The molecule has 1 N–H and O–H groups in total. The largest absolute Gasteiger partial charge is 0.331 e. The van der Waals surface area contributed by atoms with E-state index in [9.17, 15) is 4.79 Å². The van der Waals surface area contributed by atoms with Crippen LogP contribution in [0.3, 0.4) is 0 Å². The second-order valence-electron chi connectivity index (χ2n) is 4.53. The van der Waals surface area contributed by atoms with Gasteiger partial charge in [-0.1, -0.05) is 24.8 Å². The molecule has 0 radical (unpaired) electrons. The highest BCUT2D eigenvalue weighted by Gasteiger charge is 2.14. The van der Waals surface area contributed by atoms with Crippen LogP contribution in [0.4, 0.5) is 10.8 Å². The first-order chi connectivity index (χ1) is 10.5. The van der Waals surface area contributed by atoms with E-state index in [0.717, 1.165) is 31.4 Å². The highest BCUT2D eigenvalue weighted by molar-refractivity contribution is 9.10. The van der Waals surface area contributed by atoms with Crippen LogP contribution in [-0.2, 0) is 0 Å². The Morgan fingerprint density at radius 1 is 1.35 bits per heavy atom. The summed E-state index contributed by atoms with van der Waals surface area (Å²) in [5, 5.41) is 5.88. The molecule has 0 amide bonds. The summed E-state index contributed by atoms with van der Waals surface area (Å²) < 4.78 is 0.987. The van der Waals surface area contributed by atoms with Crippen molar-refractivity contribution >= 4 is 84.1 Å². The van der Waals surface area contributed by atoms with Crippen LogP contribution in [0.15, 0.2) is 40.2 Å². The van der Waals surface area contributed by atoms with Crippen LogP contribution >= 0.6 is 68.2 Å². The van der Waals surface area contributed by atoms with Crippen LogP contribution in [0.25, 0.3) is 11.3 Å². The van der Waals surface area contributed by atoms with E-state index < -0.39 is 0 Å². The van der Waals surface area contributed by atoms with Gasteiger partial charge in [-0.3, -0.25) is 4.79 Å². The zero-order valence-electron chi connectivity index (χ0n) is 11.9. The van der Waals surface area contributed by atoms with Crippen LogP contribution < -0.4 is 5.32 Å². The number of nitrogens with zero attached hydrogens (tertiary/aromatic N) is 1. The Bertz CT molecular complexity index is 845. The molecule has 2 aromatic heterocycles. The summed E-state index contributed by atoms with van der Waals surface area (Å²) in [6, 6.07) is 9.75. The Labute approximate surface area is 166 Å². The van der Waals surface area contributed by atoms with E-state index in [1.165, 1.54) is 22.7 Å². The van der Waals surface area contributed by atoms with Gasteiger partial charge >= 0.3 is 0 Å². The second kappa shape index (κ2) is 7.94. The molecule has 0 aliphatic carbocycles. The minimum atomic E-state index is -0.207. The molecule has 0 unspecified atom stereocenters. The maximum Gasteiger partial charge on any atom is 0.226 e. The fraction of sp³-hybridized carbons (Fsp3) is 0.0667. The monoisotopic (exact) mass is 490 g/mol.